The number of methoxy groups -OCH3 is 1. The molecule has 1 atom stereocenters. The van der Waals surface area contributed by atoms with Crippen molar-refractivity contribution in [3.05, 3.63) is 76.0 Å². The highest BCUT2D eigenvalue weighted by atomic mass is 32.2. The minimum Gasteiger partial charge on any atom is -0.497 e. The molecule has 0 unspecified atom stereocenters. The minimum absolute atomic E-state index is 0.0842. The molecule has 2 amide bonds. The van der Waals surface area contributed by atoms with E-state index in [9.17, 15) is 18.0 Å². The van der Waals surface area contributed by atoms with Crippen LogP contribution in [0.15, 0.2) is 64.9 Å². The van der Waals surface area contributed by atoms with Gasteiger partial charge >= 0.3 is 0 Å². The second-order valence-electron chi connectivity index (χ2n) is 9.21. The van der Waals surface area contributed by atoms with Gasteiger partial charge in [0.2, 0.25) is 21.8 Å². The summed E-state index contributed by atoms with van der Waals surface area (Å²) in [7, 11) is -2.32. The van der Waals surface area contributed by atoms with Crippen molar-refractivity contribution in [3.63, 3.8) is 0 Å². The van der Waals surface area contributed by atoms with Gasteiger partial charge in [0.1, 0.15) is 5.75 Å². The van der Waals surface area contributed by atoms with Crippen molar-refractivity contribution in [2.75, 3.05) is 32.1 Å². The van der Waals surface area contributed by atoms with Crippen LogP contribution in [0.2, 0.25) is 0 Å². The summed E-state index contributed by atoms with van der Waals surface area (Å²) < 4.78 is 33.8. The van der Waals surface area contributed by atoms with E-state index in [1.165, 1.54) is 28.2 Å². The highest BCUT2D eigenvalue weighted by Gasteiger charge is 2.35. The second kappa shape index (κ2) is 12.1. The van der Waals surface area contributed by atoms with Gasteiger partial charge in [0, 0.05) is 30.6 Å². The molecule has 4 rings (SSSR count). The van der Waals surface area contributed by atoms with Crippen LogP contribution in [0.5, 0.6) is 5.75 Å². The molecule has 1 aromatic heterocycles. The number of unbranched alkanes of at least 4 members (excludes halogenated alkanes) is 1. The standard InChI is InChI=1S/C28H33N3O5S2/c1-4-5-16-30(38(34,35)24-12-8-22(9-13-24)29-20(2)32)19-27(33)31-17-14-26-25(15-18-37-26)28(31)21-6-10-23(36-3)11-7-21/h6-13,15,18,28H,4-5,14,16-17,19H2,1-3H3,(H,29,32)/t28-/m1/s1. The zero-order valence-electron chi connectivity index (χ0n) is 21.8. The summed E-state index contributed by atoms with van der Waals surface area (Å²) in [6.07, 6.45) is 2.16. The molecular formula is C28H33N3O5S2. The SMILES string of the molecule is CCCCN(CC(=O)N1CCc2sccc2[C@H]1c1ccc(OC)cc1)S(=O)(=O)c1ccc(NC(C)=O)cc1. The van der Waals surface area contributed by atoms with E-state index in [2.05, 4.69) is 11.4 Å². The maximum absolute atomic E-state index is 13.8. The first-order chi connectivity index (χ1) is 18.2. The van der Waals surface area contributed by atoms with Crippen LogP contribution in [0.4, 0.5) is 5.69 Å². The molecule has 8 nitrogen and oxygen atoms in total. The number of nitrogens with one attached hydrogen (secondary N) is 1. The van der Waals surface area contributed by atoms with Crippen LogP contribution >= 0.6 is 11.3 Å². The fraction of sp³-hybridized carbons (Fsp3) is 0.357. The van der Waals surface area contributed by atoms with Crippen molar-refractivity contribution in [3.8, 4) is 5.75 Å². The third kappa shape index (κ3) is 6.09. The van der Waals surface area contributed by atoms with Crippen molar-refractivity contribution < 1.29 is 22.7 Å². The number of carbonyl (C=O) groups excluding carboxylic acids is 2. The van der Waals surface area contributed by atoms with Gasteiger partial charge in [-0.05, 0) is 71.8 Å². The van der Waals surface area contributed by atoms with Crippen LogP contribution in [0.3, 0.4) is 0 Å². The average molecular weight is 556 g/mol. The molecule has 0 fully saturated rings. The smallest absolute Gasteiger partial charge is 0.243 e. The molecule has 0 bridgehead atoms. The van der Waals surface area contributed by atoms with Crippen molar-refractivity contribution in [2.24, 2.45) is 0 Å². The number of fused-ring (bicyclic) bond motifs is 1. The molecule has 0 spiro atoms. The Bertz CT molecular complexity index is 1370. The molecule has 0 saturated heterocycles. The van der Waals surface area contributed by atoms with E-state index in [0.717, 1.165) is 29.7 Å². The van der Waals surface area contributed by atoms with E-state index >= 15 is 0 Å². The number of hydrogen-bond acceptors (Lipinski definition) is 6. The number of amides is 2. The molecule has 0 aliphatic carbocycles. The summed E-state index contributed by atoms with van der Waals surface area (Å²) in [6.45, 7) is 3.87. The van der Waals surface area contributed by atoms with Gasteiger partial charge in [-0.2, -0.15) is 4.31 Å². The summed E-state index contributed by atoms with van der Waals surface area (Å²) in [5, 5.41) is 4.68. The lowest BCUT2D eigenvalue weighted by atomic mass is 9.93. The molecule has 3 aromatic rings. The number of anilines is 1. The Morgan fingerprint density at radius 1 is 1.11 bits per heavy atom. The summed E-state index contributed by atoms with van der Waals surface area (Å²) in [5.41, 5.74) is 2.54. The topological polar surface area (TPSA) is 96.0 Å². The number of thiophene rings is 1. The van der Waals surface area contributed by atoms with Crippen molar-refractivity contribution in [1.82, 2.24) is 9.21 Å². The molecule has 1 aliphatic heterocycles. The maximum Gasteiger partial charge on any atom is 0.243 e. The van der Waals surface area contributed by atoms with Gasteiger partial charge in [0.05, 0.1) is 24.6 Å². The van der Waals surface area contributed by atoms with E-state index in [0.29, 0.717) is 18.7 Å². The molecule has 1 aliphatic rings. The fourth-order valence-electron chi connectivity index (χ4n) is 4.65. The molecule has 202 valence electrons. The maximum atomic E-state index is 13.8. The molecular weight excluding hydrogens is 522 g/mol. The lowest BCUT2D eigenvalue weighted by Gasteiger charge is -2.37. The highest BCUT2D eigenvalue weighted by molar-refractivity contribution is 7.89. The van der Waals surface area contributed by atoms with Crippen LogP contribution in [-0.2, 0) is 26.0 Å². The predicted octanol–water partition coefficient (Wildman–Crippen LogP) is 4.68. The lowest BCUT2D eigenvalue weighted by Crippen LogP contribution is -2.47. The summed E-state index contributed by atoms with van der Waals surface area (Å²) in [6, 6.07) is 15.4. The van der Waals surface area contributed by atoms with Crippen molar-refractivity contribution in [2.45, 2.75) is 44.0 Å². The Hall–Kier alpha value is -3.21. The third-order valence-electron chi connectivity index (χ3n) is 6.60. The third-order valence-corrected chi connectivity index (χ3v) is 9.46. The molecule has 2 heterocycles. The number of nitrogens with zero attached hydrogens (tertiary/aromatic N) is 2. The average Bonchev–Trinajstić information content (AvgIpc) is 3.39. The summed E-state index contributed by atoms with van der Waals surface area (Å²) >= 11 is 1.68. The Kier molecular flexibility index (Phi) is 8.86. The Labute approximate surface area is 228 Å². The monoisotopic (exact) mass is 555 g/mol. The molecule has 10 heteroatoms. The minimum atomic E-state index is -3.93. The quantitative estimate of drug-likeness (QED) is 0.392. The first-order valence-electron chi connectivity index (χ1n) is 12.6. The van der Waals surface area contributed by atoms with Gasteiger partial charge in [-0.25, -0.2) is 8.42 Å². The van der Waals surface area contributed by atoms with Crippen molar-refractivity contribution in [1.29, 1.82) is 0 Å². The van der Waals surface area contributed by atoms with E-state index < -0.39 is 10.0 Å². The van der Waals surface area contributed by atoms with Crippen LogP contribution in [0.1, 0.15) is 48.7 Å². The van der Waals surface area contributed by atoms with Crippen LogP contribution in [-0.4, -0.2) is 56.2 Å². The Balaban J connectivity index is 1.62. The number of sulfonamides is 1. The van der Waals surface area contributed by atoms with Crippen LogP contribution in [0.25, 0.3) is 0 Å². The van der Waals surface area contributed by atoms with Gasteiger partial charge in [0.15, 0.2) is 0 Å². The molecule has 1 N–H and O–H groups in total. The van der Waals surface area contributed by atoms with Crippen LogP contribution < -0.4 is 10.1 Å². The molecule has 0 radical (unpaired) electrons. The highest BCUT2D eigenvalue weighted by Crippen LogP contribution is 2.38. The van der Waals surface area contributed by atoms with E-state index in [4.69, 9.17) is 4.74 Å². The van der Waals surface area contributed by atoms with E-state index in [1.54, 1.807) is 35.5 Å². The Morgan fingerprint density at radius 3 is 2.45 bits per heavy atom. The first-order valence-corrected chi connectivity index (χ1v) is 14.9. The van der Waals surface area contributed by atoms with Gasteiger partial charge in [-0.1, -0.05) is 25.5 Å². The number of rotatable bonds is 10. The summed E-state index contributed by atoms with van der Waals surface area (Å²) in [5.74, 6) is 0.254. The molecule has 38 heavy (non-hydrogen) atoms. The van der Waals surface area contributed by atoms with E-state index in [1.807, 2.05) is 36.6 Å². The number of hydrogen-bond donors (Lipinski definition) is 1. The largest absolute Gasteiger partial charge is 0.497 e. The van der Waals surface area contributed by atoms with Gasteiger partial charge in [-0.15, -0.1) is 11.3 Å². The second-order valence-corrected chi connectivity index (χ2v) is 12.1. The molecule has 2 aromatic carbocycles. The zero-order chi connectivity index (χ0) is 27.3. The van der Waals surface area contributed by atoms with Gasteiger partial charge in [0.25, 0.3) is 0 Å². The number of carbonyl (C=O) groups is 2. The van der Waals surface area contributed by atoms with Gasteiger partial charge < -0.3 is 15.0 Å². The predicted molar refractivity (Wildman–Crippen MR) is 149 cm³/mol. The number of ether oxygens (including phenoxy) is 1. The van der Waals surface area contributed by atoms with Crippen LogP contribution in [0, 0.1) is 0 Å². The molecule has 0 saturated carbocycles. The first kappa shape index (κ1) is 27.8. The summed E-state index contributed by atoms with van der Waals surface area (Å²) in [4.78, 5) is 28.3. The van der Waals surface area contributed by atoms with Gasteiger partial charge in [-0.3, -0.25) is 9.59 Å². The number of benzene rings is 2. The normalized spacial score (nSPS) is 15.3. The van der Waals surface area contributed by atoms with E-state index in [-0.39, 0.29) is 35.8 Å². The lowest BCUT2D eigenvalue weighted by molar-refractivity contribution is -0.133. The zero-order valence-corrected chi connectivity index (χ0v) is 23.5. The fourth-order valence-corrected chi connectivity index (χ4v) is 6.99. The van der Waals surface area contributed by atoms with Crippen molar-refractivity contribution >= 4 is 38.9 Å². The Morgan fingerprint density at radius 2 is 1.82 bits per heavy atom.